The molecule has 0 aliphatic carbocycles. The van der Waals surface area contributed by atoms with Crippen molar-refractivity contribution >= 4 is 21.8 Å². The van der Waals surface area contributed by atoms with Crippen LogP contribution in [0.15, 0.2) is 22.7 Å². The van der Waals surface area contributed by atoms with E-state index in [0.29, 0.717) is 16.6 Å². The van der Waals surface area contributed by atoms with Crippen LogP contribution < -0.4 is 11.1 Å². The summed E-state index contributed by atoms with van der Waals surface area (Å²) in [6.45, 7) is 6.37. The Kier molecular flexibility index (Phi) is 4.87. The summed E-state index contributed by atoms with van der Waals surface area (Å²) in [4.78, 5) is 12.1. The molecule has 5 heteroatoms. The highest BCUT2D eigenvalue weighted by Crippen LogP contribution is 2.21. The SMILES string of the molecule is CC(C)(C)C(CN)NC(=O)c1ccc(F)cc1Br. The van der Waals surface area contributed by atoms with Gasteiger partial charge in [0.25, 0.3) is 5.91 Å². The zero-order chi connectivity index (χ0) is 13.9. The van der Waals surface area contributed by atoms with E-state index in [4.69, 9.17) is 5.73 Å². The first-order valence-corrected chi connectivity index (χ1v) is 6.51. The van der Waals surface area contributed by atoms with Crippen LogP contribution in [0.5, 0.6) is 0 Å². The van der Waals surface area contributed by atoms with E-state index in [1.54, 1.807) is 0 Å². The van der Waals surface area contributed by atoms with Crippen molar-refractivity contribution < 1.29 is 9.18 Å². The van der Waals surface area contributed by atoms with Crippen molar-refractivity contribution in [3.05, 3.63) is 34.1 Å². The van der Waals surface area contributed by atoms with Gasteiger partial charge in [-0.1, -0.05) is 20.8 Å². The van der Waals surface area contributed by atoms with Gasteiger partial charge < -0.3 is 11.1 Å². The molecule has 0 aliphatic rings. The van der Waals surface area contributed by atoms with Crippen molar-refractivity contribution in [2.24, 2.45) is 11.1 Å². The first kappa shape index (κ1) is 15.1. The Morgan fingerprint density at radius 2 is 2.11 bits per heavy atom. The summed E-state index contributed by atoms with van der Waals surface area (Å²) in [5.41, 5.74) is 5.93. The number of halogens is 2. The van der Waals surface area contributed by atoms with Gasteiger partial charge in [0.15, 0.2) is 0 Å². The molecule has 1 aromatic rings. The summed E-state index contributed by atoms with van der Waals surface area (Å²) in [6.07, 6.45) is 0. The first-order valence-electron chi connectivity index (χ1n) is 5.71. The van der Waals surface area contributed by atoms with Crippen LogP contribution in [-0.2, 0) is 0 Å². The Bertz CT molecular complexity index is 443. The normalized spacial score (nSPS) is 13.2. The monoisotopic (exact) mass is 316 g/mol. The van der Waals surface area contributed by atoms with Crippen LogP contribution >= 0.6 is 15.9 Å². The lowest BCUT2D eigenvalue weighted by atomic mass is 9.86. The average Bonchev–Trinajstić information content (AvgIpc) is 2.23. The number of hydrogen-bond acceptors (Lipinski definition) is 2. The molecular formula is C13H18BrFN2O. The van der Waals surface area contributed by atoms with E-state index in [2.05, 4.69) is 21.2 Å². The van der Waals surface area contributed by atoms with Gasteiger partial charge in [0, 0.05) is 17.1 Å². The molecule has 100 valence electrons. The lowest BCUT2D eigenvalue weighted by molar-refractivity contribution is 0.0904. The number of hydrogen-bond donors (Lipinski definition) is 2. The molecule has 1 aromatic carbocycles. The van der Waals surface area contributed by atoms with Crippen LogP contribution in [0.1, 0.15) is 31.1 Å². The predicted molar refractivity (Wildman–Crippen MR) is 73.9 cm³/mol. The Labute approximate surface area is 115 Å². The molecule has 0 radical (unpaired) electrons. The lowest BCUT2D eigenvalue weighted by Crippen LogP contribution is -2.48. The number of amides is 1. The quantitative estimate of drug-likeness (QED) is 0.900. The van der Waals surface area contributed by atoms with E-state index < -0.39 is 0 Å². The Balaban J connectivity index is 2.88. The van der Waals surface area contributed by atoms with Crippen molar-refractivity contribution in [2.45, 2.75) is 26.8 Å². The summed E-state index contributed by atoms with van der Waals surface area (Å²) in [5, 5.41) is 2.87. The second-order valence-corrected chi connectivity index (χ2v) is 6.11. The fourth-order valence-electron chi connectivity index (χ4n) is 1.54. The van der Waals surface area contributed by atoms with Gasteiger partial charge in [0.1, 0.15) is 5.82 Å². The molecule has 1 amide bonds. The molecule has 0 spiro atoms. The number of nitrogens with two attached hydrogens (primary N) is 1. The minimum Gasteiger partial charge on any atom is -0.347 e. The molecule has 0 aromatic heterocycles. The summed E-state index contributed by atoms with van der Waals surface area (Å²) in [6, 6.07) is 3.84. The van der Waals surface area contributed by atoms with Crippen molar-refractivity contribution in [1.82, 2.24) is 5.32 Å². The zero-order valence-corrected chi connectivity index (χ0v) is 12.3. The molecule has 1 unspecified atom stereocenters. The fourth-order valence-corrected chi connectivity index (χ4v) is 2.07. The summed E-state index contributed by atoms with van der Waals surface area (Å²) < 4.78 is 13.4. The third-order valence-corrected chi connectivity index (χ3v) is 3.42. The number of nitrogens with one attached hydrogen (secondary N) is 1. The van der Waals surface area contributed by atoms with Gasteiger partial charge in [-0.15, -0.1) is 0 Å². The molecule has 3 nitrogen and oxygen atoms in total. The second kappa shape index (κ2) is 5.80. The van der Waals surface area contributed by atoms with Crippen LogP contribution in [0.2, 0.25) is 0 Å². The standard InChI is InChI=1S/C13H18BrFN2O/c1-13(2,3)11(7-16)17-12(18)9-5-4-8(15)6-10(9)14/h4-6,11H,7,16H2,1-3H3,(H,17,18). The largest absolute Gasteiger partial charge is 0.347 e. The van der Waals surface area contributed by atoms with Crippen LogP contribution in [0, 0.1) is 11.2 Å². The molecule has 0 bridgehead atoms. The van der Waals surface area contributed by atoms with Gasteiger partial charge in [-0.3, -0.25) is 4.79 Å². The number of carbonyl (C=O) groups is 1. The molecule has 1 atom stereocenters. The molecule has 0 fully saturated rings. The molecular weight excluding hydrogens is 299 g/mol. The topological polar surface area (TPSA) is 55.1 Å². The summed E-state index contributed by atoms with van der Waals surface area (Å²) >= 11 is 3.18. The maximum absolute atomic E-state index is 12.9. The van der Waals surface area contributed by atoms with Gasteiger partial charge in [0.05, 0.1) is 5.56 Å². The van der Waals surface area contributed by atoms with Crippen LogP contribution in [0.25, 0.3) is 0 Å². The van der Waals surface area contributed by atoms with Gasteiger partial charge in [-0.25, -0.2) is 4.39 Å². The van der Waals surface area contributed by atoms with Crippen molar-refractivity contribution in [3.8, 4) is 0 Å². The molecule has 18 heavy (non-hydrogen) atoms. The highest BCUT2D eigenvalue weighted by Gasteiger charge is 2.25. The highest BCUT2D eigenvalue weighted by molar-refractivity contribution is 9.10. The van der Waals surface area contributed by atoms with Crippen molar-refractivity contribution in [2.75, 3.05) is 6.54 Å². The smallest absolute Gasteiger partial charge is 0.252 e. The van der Waals surface area contributed by atoms with E-state index >= 15 is 0 Å². The van der Waals surface area contributed by atoms with E-state index in [0.717, 1.165) is 0 Å². The fraction of sp³-hybridized carbons (Fsp3) is 0.462. The summed E-state index contributed by atoms with van der Waals surface area (Å²) in [7, 11) is 0. The van der Waals surface area contributed by atoms with Crippen LogP contribution in [0.3, 0.4) is 0 Å². The number of carbonyl (C=O) groups excluding carboxylic acids is 1. The van der Waals surface area contributed by atoms with Crippen LogP contribution in [-0.4, -0.2) is 18.5 Å². The molecule has 0 saturated heterocycles. The second-order valence-electron chi connectivity index (χ2n) is 5.25. The minimum absolute atomic E-state index is 0.128. The van der Waals surface area contributed by atoms with Gasteiger partial charge in [0.2, 0.25) is 0 Å². The molecule has 0 saturated carbocycles. The van der Waals surface area contributed by atoms with Gasteiger partial charge in [-0.2, -0.15) is 0 Å². The average molecular weight is 317 g/mol. The van der Waals surface area contributed by atoms with Crippen LogP contribution in [0.4, 0.5) is 4.39 Å². The third kappa shape index (κ3) is 3.78. The molecule has 0 heterocycles. The third-order valence-electron chi connectivity index (χ3n) is 2.76. The first-order chi connectivity index (χ1) is 8.25. The van der Waals surface area contributed by atoms with E-state index in [1.807, 2.05) is 20.8 Å². The number of rotatable bonds is 3. The predicted octanol–water partition coefficient (Wildman–Crippen LogP) is 2.69. The molecule has 3 N–H and O–H groups in total. The number of benzene rings is 1. The van der Waals surface area contributed by atoms with Crippen molar-refractivity contribution in [1.29, 1.82) is 0 Å². The Hall–Kier alpha value is -0.940. The summed E-state index contributed by atoms with van der Waals surface area (Å²) in [5.74, 6) is -0.642. The Morgan fingerprint density at radius 3 is 2.56 bits per heavy atom. The van der Waals surface area contributed by atoms with Crippen molar-refractivity contribution in [3.63, 3.8) is 0 Å². The van der Waals surface area contributed by atoms with E-state index in [9.17, 15) is 9.18 Å². The Morgan fingerprint density at radius 1 is 1.50 bits per heavy atom. The van der Waals surface area contributed by atoms with E-state index in [-0.39, 0.29) is 23.2 Å². The van der Waals surface area contributed by atoms with Gasteiger partial charge in [-0.05, 0) is 39.5 Å². The zero-order valence-electron chi connectivity index (χ0n) is 10.8. The maximum Gasteiger partial charge on any atom is 0.252 e. The molecule has 1 rings (SSSR count). The van der Waals surface area contributed by atoms with E-state index in [1.165, 1.54) is 18.2 Å². The maximum atomic E-state index is 12.9. The van der Waals surface area contributed by atoms with Gasteiger partial charge >= 0.3 is 0 Å². The minimum atomic E-state index is -0.385. The molecule has 0 aliphatic heterocycles. The highest BCUT2D eigenvalue weighted by atomic mass is 79.9. The lowest BCUT2D eigenvalue weighted by Gasteiger charge is -2.30.